The lowest BCUT2D eigenvalue weighted by Gasteiger charge is -2.19. The Kier molecular flexibility index (Phi) is 5.67. The number of halogens is 1. The first kappa shape index (κ1) is 15.0. The molecular weight excluding hydrogens is 246 g/mol. The predicted molar refractivity (Wildman–Crippen MR) is 77.3 cm³/mol. The van der Waals surface area contributed by atoms with Crippen molar-refractivity contribution in [1.82, 2.24) is 5.32 Å². The summed E-state index contributed by atoms with van der Waals surface area (Å²) in [7, 11) is 0. The minimum atomic E-state index is -0.0255. The fourth-order valence-electron chi connectivity index (χ4n) is 1.99. The quantitative estimate of drug-likeness (QED) is 0.810. The van der Waals surface area contributed by atoms with Crippen LogP contribution < -0.4 is 5.32 Å². The maximum Gasteiger partial charge on any atom is 0.251 e. The fourth-order valence-corrected chi connectivity index (χ4v) is 2.19. The Morgan fingerprint density at radius 2 is 2.00 bits per heavy atom. The van der Waals surface area contributed by atoms with Crippen molar-refractivity contribution < 1.29 is 4.79 Å². The van der Waals surface area contributed by atoms with Crippen molar-refractivity contribution in [1.29, 1.82) is 0 Å². The lowest BCUT2D eigenvalue weighted by molar-refractivity contribution is 0.0936. The summed E-state index contributed by atoms with van der Waals surface area (Å²) in [5, 5.41) is 3.01. The number of rotatable bonds is 5. The van der Waals surface area contributed by atoms with Gasteiger partial charge in [-0.1, -0.05) is 26.0 Å². The van der Waals surface area contributed by atoms with E-state index in [1.54, 1.807) is 0 Å². The first-order valence-electron chi connectivity index (χ1n) is 6.38. The van der Waals surface area contributed by atoms with E-state index in [1.165, 1.54) is 0 Å². The Labute approximate surface area is 115 Å². The van der Waals surface area contributed by atoms with E-state index >= 15 is 0 Å². The predicted octanol–water partition coefficient (Wildman–Crippen LogP) is 3.69. The molecule has 3 heteroatoms. The van der Waals surface area contributed by atoms with Crippen LogP contribution in [0.4, 0.5) is 0 Å². The van der Waals surface area contributed by atoms with Gasteiger partial charge >= 0.3 is 0 Å². The number of amides is 1. The van der Waals surface area contributed by atoms with Gasteiger partial charge in [-0.15, -0.1) is 11.6 Å². The van der Waals surface area contributed by atoms with E-state index in [4.69, 9.17) is 11.6 Å². The molecule has 1 aromatic rings. The van der Waals surface area contributed by atoms with Crippen LogP contribution in [0.5, 0.6) is 0 Å². The van der Waals surface area contributed by atoms with Crippen LogP contribution in [0, 0.1) is 19.8 Å². The summed E-state index contributed by atoms with van der Waals surface area (Å²) in [5.74, 6) is 0.949. The van der Waals surface area contributed by atoms with Crippen molar-refractivity contribution in [3.05, 3.63) is 34.9 Å². The van der Waals surface area contributed by atoms with Crippen LogP contribution in [0.1, 0.15) is 41.8 Å². The molecule has 0 bridgehead atoms. The minimum Gasteiger partial charge on any atom is -0.348 e. The van der Waals surface area contributed by atoms with Gasteiger partial charge in [0.2, 0.25) is 0 Å². The maximum absolute atomic E-state index is 12.2. The van der Waals surface area contributed by atoms with E-state index in [2.05, 4.69) is 19.2 Å². The molecule has 2 nitrogen and oxygen atoms in total. The summed E-state index contributed by atoms with van der Waals surface area (Å²) in [6.45, 7) is 8.24. The summed E-state index contributed by atoms with van der Waals surface area (Å²) < 4.78 is 0. The normalized spacial score (nSPS) is 12.6. The van der Waals surface area contributed by atoms with Gasteiger partial charge in [-0.25, -0.2) is 0 Å². The number of hydrogen-bond donors (Lipinski definition) is 1. The Morgan fingerprint density at radius 1 is 1.33 bits per heavy atom. The first-order valence-corrected chi connectivity index (χ1v) is 6.92. The molecule has 1 unspecified atom stereocenters. The summed E-state index contributed by atoms with van der Waals surface area (Å²) in [4.78, 5) is 12.2. The van der Waals surface area contributed by atoms with E-state index < -0.39 is 0 Å². The highest BCUT2D eigenvalue weighted by atomic mass is 35.5. The Balaban J connectivity index is 2.78. The number of benzene rings is 1. The third-order valence-electron chi connectivity index (χ3n) is 3.13. The zero-order valence-electron chi connectivity index (χ0n) is 11.6. The van der Waals surface area contributed by atoms with Crippen LogP contribution in [0.3, 0.4) is 0 Å². The molecule has 0 fully saturated rings. The second-order valence-electron chi connectivity index (χ2n) is 5.20. The number of nitrogens with one attached hydrogen (secondary N) is 1. The monoisotopic (exact) mass is 267 g/mol. The molecule has 0 heterocycles. The second kappa shape index (κ2) is 6.79. The van der Waals surface area contributed by atoms with Crippen molar-refractivity contribution in [3.8, 4) is 0 Å². The molecular formula is C15H22ClNO. The minimum absolute atomic E-state index is 0.0255. The molecule has 0 aliphatic rings. The molecule has 1 atom stereocenters. The lowest BCUT2D eigenvalue weighted by atomic mass is 10.0. The number of hydrogen-bond acceptors (Lipinski definition) is 1. The molecule has 0 aromatic heterocycles. The van der Waals surface area contributed by atoms with Crippen molar-refractivity contribution in [2.24, 2.45) is 5.92 Å². The smallest absolute Gasteiger partial charge is 0.251 e. The molecule has 0 radical (unpaired) electrons. The molecule has 1 rings (SSSR count). The van der Waals surface area contributed by atoms with Crippen LogP contribution in [-0.2, 0) is 0 Å². The Bertz CT molecular complexity index is 415. The number of alkyl halides is 1. The van der Waals surface area contributed by atoms with Crippen molar-refractivity contribution in [2.75, 3.05) is 5.88 Å². The summed E-state index contributed by atoms with van der Waals surface area (Å²) in [6.07, 6.45) is 0.903. The lowest BCUT2D eigenvalue weighted by Crippen LogP contribution is -2.37. The van der Waals surface area contributed by atoms with Crippen LogP contribution >= 0.6 is 11.6 Å². The van der Waals surface area contributed by atoms with Gasteiger partial charge in [-0.2, -0.15) is 0 Å². The van der Waals surface area contributed by atoms with E-state index in [9.17, 15) is 4.79 Å². The fraction of sp³-hybridized carbons (Fsp3) is 0.533. The zero-order valence-corrected chi connectivity index (χ0v) is 12.3. The number of carbonyl (C=O) groups is 1. The molecule has 100 valence electrons. The van der Waals surface area contributed by atoms with Gasteiger partial charge in [0.15, 0.2) is 0 Å². The Morgan fingerprint density at radius 3 is 2.56 bits per heavy atom. The van der Waals surface area contributed by atoms with Gasteiger partial charge < -0.3 is 5.32 Å². The third kappa shape index (κ3) is 4.02. The van der Waals surface area contributed by atoms with Gasteiger partial charge in [-0.3, -0.25) is 4.79 Å². The van der Waals surface area contributed by atoms with E-state index in [0.29, 0.717) is 11.8 Å². The largest absolute Gasteiger partial charge is 0.348 e. The van der Waals surface area contributed by atoms with Crippen LogP contribution in [0.25, 0.3) is 0 Å². The van der Waals surface area contributed by atoms with Gasteiger partial charge in [0, 0.05) is 17.5 Å². The molecule has 0 aliphatic carbocycles. The average Bonchev–Trinajstić information content (AvgIpc) is 2.31. The van der Waals surface area contributed by atoms with Crippen LogP contribution in [-0.4, -0.2) is 17.8 Å². The molecule has 0 saturated heterocycles. The number of aryl methyl sites for hydroxylation is 1. The van der Waals surface area contributed by atoms with Gasteiger partial charge in [-0.05, 0) is 43.4 Å². The second-order valence-corrected chi connectivity index (χ2v) is 5.51. The Hall–Kier alpha value is -1.02. The van der Waals surface area contributed by atoms with Gasteiger partial charge in [0.1, 0.15) is 0 Å². The third-order valence-corrected chi connectivity index (χ3v) is 3.50. The molecule has 1 aromatic carbocycles. The summed E-state index contributed by atoms with van der Waals surface area (Å²) >= 11 is 5.90. The number of carbonyl (C=O) groups excluding carboxylic acids is 1. The van der Waals surface area contributed by atoms with E-state index in [1.807, 2.05) is 32.0 Å². The SMILES string of the molecule is Cc1cccc(C(=O)NC(CCl)CC(C)C)c1C. The summed E-state index contributed by atoms with van der Waals surface area (Å²) in [6, 6.07) is 5.83. The maximum atomic E-state index is 12.2. The molecule has 1 amide bonds. The highest BCUT2D eigenvalue weighted by Gasteiger charge is 2.16. The molecule has 0 aliphatic heterocycles. The highest BCUT2D eigenvalue weighted by molar-refractivity contribution is 6.18. The van der Waals surface area contributed by atoms with Crippen molar-refractivity contribution in [3.63, 3.8) is 0 Å². The highest BCUT2D eigenvalue weighted by Crippen LogP contribution is 2.14. The average molecular weight is 268 g/mol. The van der Waals surface area contributed by atoms with Crippen LogP contribution in [0.2, 0.25) is 0 Å². The standard InChI is InChI=1S/C15H22ClNO/c1-10(2)8-13(9-16)17-15(18)14-7-5-6-11(3)12(14)4/h5-7,10,13H,8-9H2,1-4H3,(H,17,18). The summed E-state index contributed by atoms with van der Waals surface area (Å²) in [5.41, 5.74) is 2.91. The molecule has 18 heavy (non-hydrogen) atoms. The molecule has 0 spiro atoms. The van der Waals surface area contributed by atoms with Gasteiger partial charge in [0.05, 0.1) is 0 Å². The molecule has 1 N–H and O–H groups in total. The van der Waals surface area contributed by atoms with Crippen molar-refractivity contribution in [2.45, 2.75) is 40.2 Å². The van der Waals surface area contributed by atoms with Crippen molar-refractivity contribution >= 4 is 17.5 Å². The topological polar surface area (TPSA) is 29.1 Å². The molecule has 0 saturated carbocycles. The zero-order chi connectivity index (χ0) is 13.7. The van der Waals surface area contributed by atoms with Crippen LogP contribution in [0.15, 0.2) is 18.2 Å². The van der Waals surface area contributed by atoms with E-state index in [0.717, 1.165) is 23.1 Å². The first-order chi connectivity index (χ1) is 8.45. The van der Waals surface area contributed by atoms with E-state index in [-0.39, 0.29) is 11.9 Å². The van der Waals surface area contributed by atoms with Gasteiger partial charge in [0.25, 0.3) is 5.91 Å².